The molecule has 1 heterocycles. The average molecular weight is 342 g/mol. The third kappa shape index (κ3) is 4.03. The lowest BCUT2D eigenvalue weighted by Crippen LogP contribution is -2.37. The SMILES string of the molecule is CCN(C(=O)COc1nc2ccccc2o1)C1=CC(C)(C)CC(C)C1. The summed E-state index contributed by atoms with van der Waals surface area (Å²) in [6.07, 6.45) is 4.43. The number of carbonyl (C=O) groups excluding carboxylic acids is 1. The quantitative estimate of drug-likeness (QED) is 0.808. The maximum Gasteiger partial charge on any atom is 0.395 e. The molecule has 0 bridgehead atoms. The van der Waals surface area contributed by atoms with Gasteiger partial charge in [0.1, 0.15) is 5.52 Å². The van der Waals surface area contributed by atoms with E-state index in [9.17, 15) is 4.79 Å². The number of carbonyl (C=O) groups is 1. The zero-order valence-electron chi connectivity index (χ0n) is 15.4. The van der Waals surface area contributed by atoms with Gasteiger partial charge in [0.2, 0.25) is 0 Å². The van der Waals surface area contributed by atoms with Crippen molar-refractivity contribution in [3.05, 3.63) is 36.0 Å². The van der Waals surface area contributed by atoms with E-state index in [-0.39, 0.29) is 24.0 Å². The number of hydrogen-bond donors (Lipinski definition) is 0. The molecule has 0 saturated heterocycles. The number of fused-ring (bicyclic) bond motifs is 1. The Hall–Kier alpha value is -2.30. The van der Waals surface area contributed by atoms with Crippen LogP contribution in [0, 0.1) is 11.3 Å². The van der Waals surface area contributed by atoms with Crippen molar-refractivity contribution in [2.24, 2.45) is 11.3 Å². The molecule has 0 fully saturated rings. The van der Waals surface area contributed by atoms with Crippen LogP contribution in [0.2, 0.25) is 0 Å². The predicted molar refractivity (Wildman–Crippen MR) is 97.2 cm³/mol. The molecule has 1 aliphatic rings. The normalized spacial score (nSPS) is 19.5. The second-order valence-corrected chi connectivity index (χ2v) is 7.51. The van der Waals surface area contributed by atoms with Crippen LogP contribution in [0.15, 0.2) is 40.5 Å². The van der Waals surface area contributed by atoms with E-state index in [1.54, 1.807) is 0 Å². The second-order valence-electron chi connectivity index (χ2n) is 7.51. The largest absolute Gasteiger partial charge is 0.440 e. The van der Waals surface area contributed by atoms with E-state index in [1.807, 2.05) is 36.1 Å². The van der Waals surface area contributed by atoms with Gasteiger partial charge < -0.3 is 14.1 Å². The summed E-state index contributed by atoms with van der Waals surface area (Å²) < 4.78 is 11.0. The van der Waals surface area contributed by atoms with Gasteiger partial charge in [-0.25, -0.2) is 0 Å². The number of nitrogens with zero attached hydrogens (tertiary/aromatic N) is 2. The van der Waals surface area contributed by atoms with Gasteiger partial charge in [0.25, 0.3) is 5.91 Å². The van der Waals surface area contributed by atoms with Gasteiger partial charge in [0.05, 0.1) is 0 Å². The van der Waals surface area contributed by atoms with Crippen molar-refractivity contribution in [1.29, 1.82) is 0 Å². The summed E-state index contributed by atoms with van der Waals surface area (Å²) in [6, 6.07) is 7.44. The predicted octanol–water partition coefficient (Wildman–Crippen LogP) is 4.40. The Morgan fingerprint density at radius 2 is 2.16 bits per heavy atom. The molecule has 134 valence electrons. The van der Waals surface area contributed by atoms with Gasteiger partial charge in [-0.1, -0.05) is 39.0 Å². The van der Waals surface area contributed by atoms with Crippen LogP contribution in [0.3, 0.4) is 0 Å². The molecule has 1 amide bonds. The number of likely N-dealkylation sites (N-methyl/N-ethyl adjacent to an activating group) is 1. The van der Waals surface area contributed by atoms with Crippen LogP contribution in [0.5, 0.6) is 6.08 Å². The second kappa shape index (κ2) is 6.90. The number of para-hydroxylation sites is 2. The van der Waals surface area contributed by atoms with Gasteiger partial charge in [0, 0.05) is 12.2 Å². The van der Waals surface area contributed by atoms with Gasteiger partial charge in [-0.2, -0.15) is 4.98 Å². The van der Waals surface area contributed by atoms with E-state index < -0.39 is 0 Å². The minimum absolute atomic E-state index is 0.0686. The van der Waals surface area contributed by atoms with Gasteiger partial charge in [-0.3, -0.25) is 4.79 Å². The Morgan fingerprint density at radius 1 is 1.40 bits per heavy atom. The molecule has 1 unspecified atom stereocenters. The first-order chi connectivity index (χ1) is 11.9. The molecule has 0 N–H and O–H groups in total. The van der Waals surface area contributed by atoms with Crippen LogP contribution in [-0.2, 0) is 4.79 Å². The maximum absolute atomic E-state index is 12.7. The summed E-state index contributed by atoms with van der Waals surface area (Å²) in [7, 11) is 0. The fraction of sp³-hybridized carbons (Fsp3) is 0.500. The summed E-state index contributed by atoms with van der Waals surface area (Å²) in [5.41, 5.74) is 2.59. The molecule has 3 rings (SSSR count). The number of benzene rings is 1. The molecule has 5 heteroatoms. The van der Waals surface area contributed by atoms with Crippen molar-refractivity contribution in [3.8, 4) is 6.08 Å². The van der Waals surface area contributed by atoms with E-state index in [4.69, 9.17) is 9.15 Å². The highest BCUT2D eigenvalue weighted by atomic mass is 16.6. The first kappa shape index (κ1) is 17.5. The maximum atomic E-state index is 12.7. The van der Waals surface area contributed by atoms with Crippen LogP contribution in [0.1, 0.15) is 40.5 Å². The standard InChI is InChI=1S/C20H26N2O3/c1-5-22(15-10-14(2)11-20(3,4)12-15)18(23)13-24-19-21-16-8-6-7-9-17(16)25-19/h6-9,12,14H,5,10-11,13H2,1-4H3. The number of allylic oxidation sites excluding steroid dienone is 2. The number of amides is 1. The lowest BCUT2D eigenvalue weighted by molar-refractivity contribution is -0.132. The topological polar surface area (TPSA) is 55.6 Å². The highest BCUT2D eigenvalue weighted by Gasteiger charge is 2.29. The Labute approximate surface area is 148 Å². The molecule has 0 saturated carbocycles. The summed E-state index contributed by atoms with van der Waals surface area (Å²) >= 11 is 0. The molecule has 1 aromatic heterocycles. The molecule has 0 spiro atoms. The van der Waals surface area contributed by atoms with E-state index in [0.717, 1.165) is 24.1 Å². The molecule has 0 radical (unpaired) electrons. The van der Waals surface area contributed by atoms with E-state index in [1.165, 1.54) is 0 Å². The van der Waals surface area contributed by atoms with E-state index in [0.29, 0.717) is 18.0 Å². The Balaban J connectivity index is 1.69. The summed E-state index contributed by atoms with van der Waals surface area (Å²) in [5.74, 6) is 0.496. The van der Waals surface area contributed by atoms with Crippen LogP contribution < -0.4 is 4.74 Å². The van der Waals surface area contributed by atoms with Crippen LogP contribution >= 0.6 is 0 Å². The van der Waals surface area contributed by atoms with Crippen molar-refractivity contribution in [3.63, 3.8) is 0 Å². The first-order valence-electron chi connectivity index (χ1n) is 8.88. The lowest BCUT2D eigenvalue weighted by Gasteiger charge is -2.36. The van der Waals surface area contributed by atoms with Gasteiger partial charge in [-0.15, -0.1) is 0 Å². The van der Waals surface area contributed by atoms with Crippen LogP contribution in [0.4, 0.5) is 0 Å². The fourth-order valence-corrected chi connectivity index (χ4v) is 3.74. The summed E-state index contributed by atoms with van der Waals surface area (Å²) in [6.45, 7) is 9.22. The van der Waals surface area contributed by atoms with Gasteiger partial charge >= 0.3 is 6.08 Å². The number of ether oxygens (including phenoxy) is 1. The van der Waals surface area contributed by atoms with Crippen molar-refractivity contribution in [2.75, 3.05) is 13.2 Å². The Bertz CT molecular complexity index is 758. The van der Waals surface area contributed by atoms with E-state index >= 15 is 0 Å². The third-order valence-electron chi connectivity index (χ3n) is 4.55. The highest BCUT2D eigenvalue weighted by Crippen LogP contribution is 2.37. The zero-order chi connectivity index (χ0) is 18.0. The zero-order valence-corrected chi connectivity index (χ0v) is 15.4. The van der Waals surface area contributed by atoms with Crippen LogP contribution in [0.25, 0.3) is 11.1 Å². The van der Waals surface area contributed by atoms with Crippen molar-refractivity contribution in [2.45, 2.75) is 40.5 Å². The summed E-state index contributed by atoms with van der Waals surface area (Å²) in [4.78, 5) is 18.7. The third-order valence-corrected chi connectivity index (χ3v) is 4.55. The number of oxazole rings is 1. The molecule has 1 aliphatic carbocycles. The molecule has 1 aromatic carbocycles. The van der Waals surface area contributed by atoms with Crippen molar-refractivity contribution in [1.82, 2.24) is 9.88 Å². The Kier molecular flexibility index (Phi) is 4.84. The van der Waals surface area contributed by atoms with Crippen molar-refractivity contribution < 1.29 is 13.9 Å². The first-order valence-corrected chi connectivity index (χ1v) is 8.88. The minimum Gasteiger partial charge on any atom is -0.440 e. The van der Waals surface area contributed by atoms with Crippen LogP contribution in [-0.4, -0.2) is 28.9 Å². The summed E-state index contributed by atoms with van der Waals surface area (Å²) in [5, 5.41) is 0. The molecule has 5 nitrogen and oxygen atoms in total. The molecule has 0 aliphatic heterocycles. The van der Waals surface area contributed by atoms with Gasteiger partial charge in [-0.05, 0) is 43.2 Å². The number of aromatic nitrogens is 1. The monoisotopic (exact) mass is 342 g/mol. The molecule has 1 atom stereocenters. The minimum atomic E-state index is -0.0766. The highest BCUT2D eigenvalue weighted by molar-refractivity contribution is 5.79. The number of hydrogen-bond acceptors (Lipinski definition) is 4. The average Bonchev–Trinajstić information content (AvgIpc) is 2.94. The molecular formula is C20H26N2O3. The lowest BCUT2D eigenvalue weighted by atomic mass is 9.76. The van der Waals surface area contributed by atoms with Gasteiger partial charge in [0.15, 0.2) is 12.2 Å². The van der Waals surface area contributed by atoms with Crippen molar-refractivity contribution >= 4 is 17.0 Å². The molecule has 2 aromatic rings. The fourth-order valence-electron chi connectivity index (χ4n) is 3.74. The van der Waals surface area contributed by atoms with E-state index in [2.05, 4.69) is 31.8 Å². The smallest absolute Gasteiger partial charge is 0.395 e. The Morgan fingerprint density at radius 3 is 2.84 bits per heavy atom. The number of rotatable bonds is 5. The molecular weight excluding hydrogens is 316 g/mol. The molecule has 25 heavy (non-hydrogen) atoms.